The van der Waals surface area contributed by atoms with Crippen molar-refractivity contribution >= 4 is 11.6 Å². The van der Waals surface area contributed by atoms with Crippen LogP contribution in [-0.4, -0.2) is 11.6 Å². The first-order chi connectivity index (χ1) is 8.16. The minimum Gasteiger partial charge on any atom is -0.461 e. The lowest BCUT2D eigenvalue weighted by atomic mass is 10.1. The molecule has 0 radical (unpaired) electrons. The number of hydrogen-bond donors (Lipinski definition) is 0. The highest BCUT2D eigenvalue weighted by atomic mass is 19.1. The van der Waals surface area contributed by atoms with Gasteiger partial charge in [0.05, 0.1) is 12.7 Å². The Morgan fingerprint density at radius 2 is 1.94 bits per heavy atom. The summed E-state index contributed by atoms with van der Waals surface area (Å²) in [6.07, 6.45) is 1.04. The van der Waals surface area contributed by atoms with E-state index in [1.807, 2.05) is 0 Å². The van der Waals surface area contributed by atoms with Crippen LogP contribution >= 0.6 is 0 Å². The lowest BCUT2D eigenvalue weighted by Crippen LogP contribution is -2.08. The second-order valence-electron chi connectivity index (χ2n) is 3.51. The summed E-state index contributed by atoms with van der Waals surface area (Å²) in [7, 11) is 0. The predicted octanol–water partition coefficient (Wildman–Crippen LogP) is 2.87. The number of hydrogen-bond acceptors (Lipinski definition) is 3. The SMILES string of the molecule is O=C(CC(=O)c1ccco1)c1cccc(F)c1. The summed E-state index contributed by atoms with van der Waals surface area (Å²) < 4.78 is 17.8. The van der Waals surface area contributed by atoms with Crippen LogP contribution in [-0.2, 0) is 0 Å². The average Bonchev–Trinajstić information content (AvgIpc) is 2.82. The van der Waals surface area contributed by atoms with E-state index in [9.17, 15) is 14.0 Å². The van der Waals surface area contributed by atoms with Crippen LogP contribution in [0.1, 0.15) is 27.3 Å². The second-order valence-corrected chi connectivity index (χ2v) is 3.51. The number of carbonyl (C=O) groups is 2. The van der Waals surface area contributed by atoms with Crippen LogP contribution in [0.3, 0.4) is 0 Å². The minimum absolute atomic E-state index is 0.134. The summed E-state index contributed by atoms with van der Waals surface area (Å²) in [5, 5.41) is 0. The van der Waals surface area contributed by atoms with Crippen LogP contribution in [0.15, 0.2) is 47.1 Å². The molecule has 2 rings (SSSR count). The van der Waals surface area contributed by atoms with Crippen molar-refractivity contribution in [2.45, 2.75) is 6.42 Å². The summed E-state index contributed by atoms with van der Waals surface area (Å²) in [4.78, 5) is 23.2. The summed E-state index contributed by atoms with van der Waals surface area (Å²) in [5.41, 5.74) is 0.185. The summed E-state index contributed by atoms with van der Waals surface area (Å²) in [6, 6.07) is 8.31. The maximum Gasteiger partial charge on any atom is 0.205 e. The van der Waals surface area contributed by atoms with Crippen LogP contribution in [0.25, 0.3) is 0 Å². The quantitative estimate of drug-likeness (QED) is 0.601. The third kappa shape index (κ3) is 2.66. The van der Waals surface area contributed by atoms with Gasteiger partial charge in [0.2, 0.25) is 5.78 Å². The summed E-state index contributed by atoms with van der Waals surface area (Å²) in [5.74, 6) is -1.20. The standard InChI is InChI=1S/C13H9FO3/c14-10-4-1-3-9(7-10)11(15)8-12(16)13-5-2-6-17-13/h1-7H,8H2. The maximum atomic E-state index is 12.9. The molecule has 0 saturated heterocycles. The van der Waals surface area contributed by atoms with Crippen molar-refractivity contribution in [3.05, 3.63) is 59.8 Å². The largest absolute Gasteiger partial charge is 0.461 e. The molecule has 17 heavy (non-hydrogen) atoms. The molecular weight excluding hydrogens is 223 g/mol. The van der Waals surface area contributed by atoms with Gasteiger partial charge < -0.3 is 4.42 Å². The molecule has 0 fully saturated rings. The maximum absolute atomic E-state index is 12.9. The van der Waals surface area contributed by atoms with E-state index in [1.54, 1.807) is 6.07 Å². The van der Waals surface area contributed by atoms with Gasteiger partial charge >= 0.3 is 0 Å². The fraction of sp³-hybridized carbons (Fsp3) is 0.0769. The van der Waals surface area contributed by atoms with E-state index in [1.165, 1.54) is 30.5 Å². The predicted molar refractivity (Wildman–Crippen MR) is 58.4 cm³/mol. The Bertz CT molecular complexity index is 544. The van der Waals surface area contributed by atoms with E-state index >= 15 is 0 Å². The Kier molecular flexibility index (Phi) is 3.14. The molecule has 3 nitrogen and oxygen atoms in total. The lowest BCUT2D eigenvalue weighted by Gasteiger charge is -1.99. The highest BCUT2D eigenvalue weighted by Crippen LogP contribution is 2.10. The van der Waals surface area contributed by atoms with Crippen molar-refractivity contribution in [1.82, 2.24) is 0 Å². The van der Waals surface area contributed by atoms with E-state index in [0.717, 1.165) is 6.07 Å². The van der Waals surface area contributed by atoms with Crippen LogP contribution in [0, 0.1) is 5.82 Å². The van der Waals surface area contributed by atoms with Gasteiger partial charge in [-0.2, -0.15) is 0 Å². The Hall–Kier alpha value is -2.23. The highest BCUT2D eigenvalue weighted by molar-refractivity contribution is 6.12. The fourth-order valence-electron chi connectivity index (χ4n) is 1.43. The number of Topliss-reactive ketones (excluding diaryl/α,β-unsaturated/α-hetero) is 2. The molecule has 0 unspecified atom stereocenters. The van der Waals surface area contributed by atoms with Crippen LogP contribution in [0.5, 0.6) is 0 Å². The lowest BCUT2D eigenvalue weighted by molar-refractivity contribution is 0.0878. The molecule has 86 valence electrons. The van der Waals surface area contributed by atoms with E-state index in [4.69, 9.17) is 4.42 Å². The first kappa shape index (κ1) is 11.3. The van der Waals surface area contributed by atoms with Crippen LogP contribution in [0.4, 0.5) is 4.39 Å². The van der Waals surface area contributed by atoms with Gasteiger partial charge in [0.1, 0.15) is 5.82 Å². The molecule has 1 aromatic carbocycles. The molecule has 0 atom stereocenters. The molecule has 0 aliphatic carbocycles. The molecule has 0 amide bonds. The molecular formula is C13H9FO3. The average molecular weight is 232 g/mol. The molecule has 0 N–H and O–H groups in total. The topological polar surface area (TPSA) is 47.3 Å². The van der Waals surface area contributed by atoms with Gasteiger partial charge in [0, 0.05) is 5.56 Å². The van der Waals surface area contributed by atoms with Gasteiger partial charge in [-0.05, 0) is 24.3 Å². The Morgan fingerprint density at radius 3 is 2.59 bits per heavy atom. The molecule has 0 bridgehead atoms. The zero-order chi connectivity index (χ0) is 12.3. The van der Waals surface area contributed by atoms with Crippen LogP contribution < -0.4 is 0 Å². The van der Waals surface area contributed by atoms with Gasteiger partial charge in [-0.15, -0.1) is 0 Å². The van der Waals surface area contributed by atoms with Gasteiger partial charge in [-0.1, -0.05) is 12.1 Å². The zero-order valence-electron chi connectivity index (χ0n) is 8.85. The van der Waals surface area contributed by atoms with Crippen molar-refractivity contribution in [3.63, 3.8) is 0 Å². The van der Waals surface area contributed by atoms with Crippen molar-refractivity contribution < 1.29 is 18.4 Å². The number of benzene rings is 1. The van der Waals surface area contributed by atoms with Crippen molar-refractivity contribution in [2.24, 2.45) is 0 Å². The zero-order valence-corrected chi connectivity index (χ0v) is 8.85. The van der Waals surface area contributed by atoms with Crippen molar-refractivity contribution in [1.29, 1.82) is 0 Å². The van der Waals surface area contributed by atoms with Crippen molar-refractivity contribution in [2.75, 3.05) is 0 Å². The van der Waals surface area contributed by atoms with Gasteiger partial charge in [0.15, 0.2) is 11.5 Å². The molecule has 4 heteroatoms. The molecule has 0 spiro atoms. The molecule has 0 saturated carbocycles. The van der Waals surface area contributed by atoms with E-state index in [0.29, 0.717) is 0 Å². The number of ketones is 2. The molecule has 1 aromatic heterocycles. The number of carbonyl (C=O) groups excluding carboxylic acids is 2. The monoisotopic (exact) mass is 232 g/mol. The van der Waals surface area contributed by atoms with Gasteiger partial charge in [-0.3, -0.25) is 9.59 Å². The normalized spacial score (nSPS) is 10.2. The Labute approximate surface area is 96.9 Å². The smallest absolute Gasteiger partial charge is 0.205 e. The van der Waals surface area contributed by atoms with Crippen LogP contribution in [0.2, 0.25) is 0 Å². The molecule has 0 aliphatic rings. The third-order valence-corrected chi connectivity index (χ3v) is 2.26. The van der Waals surface area contributed by atoms with E-state index in [-0.39, 0.29) is 17.7 Å². The summed E-state index contributed by atoms with van der Waals surface area (Å²) in [6.45, 7) is 0. The number of halogens is 1. The van der Waals surface area contributed by atoms with E-state index < -0.39 is 17.4 Å². The van der Waals surface area contributed by atoms with Crippen molar-refractivity contribution in [3.8, 4) is 0 Å². The second kappa shape index (κ2) is 4.74. The van der Waals surface area contributed by atoms with Gasteiger partial charge in [0.25, 0.3) is 0 Å². The van der Waals surface area contributed by atoms with E-state index in [2.05, 4.69) is 0 Å². The molecule has 2 aromatic rings. The highest BCUT2D eigenvalue weighted by Gasteiger charge is 2.15. The fourth-order valence-corrected chi connectivity index (χ4v) is 1.43. The first-order valence-electron chi connectivity index (χ1n) is 5.02. The third-order valence-electron chi connectivity index (χ3n) is 2.26. The summed E-state index contributed by atoms with van der Waals surface area (Å²) >= 11 is 0. The first-order valence-corrected chi connectivity index (χ1v) is 5.02. The minimum atomic E-state index is -0.499. The van der Waals surface area contributed by atoms with Gasteiger partial charge in [-0.25, -0.2) is 4.39 Å². The Balaban J connectivity index is 2.10. The molecule has 1 heterocycles. The number of furan rings is 1. The Morgan fingerprint density at radius 1 is 1.12 bits per heavy atom. The molecule has 0 aliphatic heterocycles. The number of rotatable bonds is 4.